The maximum Gasteiger partial charge on any atom is 0.460 e. The maximum absolute atomic E-state index is 13.6. The smallest absolute Gasteiger partial charge is 0.282 e. The second-order valence-corrected chi connectivity index (χ2v) is 8.28. The van der Waals surface area contributed by atoms with Gasteiger partial charge in [-0.2, -0.15) is 56.3 Å². The summed E-state index contributed by atoms with van der Waals surface area (Å²) in [7, 11) is -12.5. The quantitative estimate of drug-likeness (QED) is 0.492. The molecule has 2 N–H and O–H groups in total. The Bertz CT molecular complexity index is 971. The van der Waals surface area contributed by atoms with Crippen molar-refractivity contribution in [2.75, 3.05) is 4.72 Å². The Labute approximate surface area is 151 Å². The normalized spacial score (nSPS) is 14.8. The summed E-state index contributed by atoms with van der Waals surface area (Å²) in [5.41, 5.74) is -1.99. The highest BCUT2D eigenvalue weighted by Gasteiger charge is 2.85. The molecule has 0 aliphatic heterocycles. The van der Waals surface area contributed by atoms with Crippen molar-refractivity contribution in [3.63, 3.8) is 0 Å². The first-order chi connectivity index (χ1) is 12.1. The van der Waals surface area contributed by atoms with Gasteiger partial charge in [0.25, 0.3) is 10.1 Å². The van der Waals surface area contributed by atoms with E-state index in [1.165, 1.54) is 0 Å². The average molecular weight is 469 g/mol. The lowest BCUT2D eigenvalue weighted by Crippen LogP contribution is -2.64. The molecule has 1 aromatic rings. The summed E-state index contributed by atoms with van der Waals surface area (Å²) in [6.45, 7) is 0.894. The zero-order valence-electron chi connectivity index (χ0n) is 13.0. The molecule has 1 aromatic carbocycles. The number of aryl methyl sites for hydroxylation is 1. The van der Waals surface area contributed by atoms with Gasteiger partial charge in [-0.25, -0.2) is 0 Å². The number of rotatable bonds is 6. The van der Waals surface area contributed by atoms with Crippen molar-refractivity contribution in [3.8, 4) is 0 Å². The highest BCUT2D eigenvalue weighted by molar-refractivity contribution is 7.94. The lowest BCUT2D eigenvalue weighted by Gasteiger charge is -2.33. The lowest BCUT2D eigenvalue weighted by atomic mass is 10.1. The summed E-state index contributed by atoms with van der Waals surface area (Å²) in [5, 5.41) is -7.07. The van der Waals surface area contributed by atoms with Gasteiger partial charge in [0.2, 0.25) is 0 Å². The predicted molar refractivity (Wildman–Crippen MR) is 74.4 cm³/mol. The Morgan fingerprint density at radius 3 is 1.71 bits per heavy atom. The monoisotopic (exact) mass is 469 g/mol. The molecular weight excluding hydrogens is 461 g/mol. The molecule has 0 spiro atoms. The molecule has 0 aliphatic carbocycles. The molecule has 0 aromatic heterocycles. The Hall–Kier alpha value is -1.75. The molecule has 0 atom stereocenters. The zero-order valence-corrected chi connectivity index (χ0v) is 14.7. The molecule has 28 heavy (non-hydrogen) atoms. The molecule has 0 amide bonds. The molecule has 0 unspecified atom stereocenters. The van der Waals surface area contributed by atoms with Crippen LogP contribution in [0.1, 0.15) is 5.56 Å². The van der Waals surface area contributed by atoms with Gasteiger partial charge in [0, 0.05) is 0 Å². The van der Waals surface area contributed by atoms with E-state index in [0.717, 1.165) is 19.1 Å². The van der Waals surface area contributed by atoms with Crippen LogP contribution >= 0.6 is 0 Å². The van der Waals surface area contributed by atoms with E-state index >= 15 is 0 Å². The van der Waals surface area contributed by atoms with E-state index in [9.17, 15) is 56.3 Å². The lowest BCUT2D eigenvalue weighted by molar-refractivity contribution is -0.382. The molecule has 0 saturated carbocycles. The van der Waals surface area contributed by atoms with Crippen molar-refractivity contribution < 1.29 is 60.9 Å². The number of benzene rings is 1. The van der Waals surface area contributed by atoms with Crippen LogP contribution in [0.5, 0.6) is 0 Å². The van der Waals surface area contributed by atoms with Gasteiger partial charge >= 0.3 is 33.3 Å². The largest absolute Gasteiger partial charge is 0.460 e. The molecule has 1 rings (SSSR count). The second kappa shape index (κ2) is 6.65. The van der Waals surface area contributed by atoms with Crippen molar-refractivity contribution in [2.24, 2.45) is 0 Å². The predicted octanol–water partition coefficient (Wildman–Crippen LogP) is 3.41. The number of anilines is 1. The van der Waals surface area contributed by atoms with Crippen molar-refractivity contribution in [1.29, 1.82) is 0 Å². The minimum atomic E-state index is -7.49. The number of hydrogen-bond donors (Lipinski definition) is 2. The molecule has 0 fully saturated rings. The van der Waals surface area contributed by atoms with E-state index in [1.807, 2.05) is 0 Å². The van der Waals surface area contributed by atoms with Gasteiger partial charge < -0.3 is 0 Å². The van der Waals surface area contributed by atoms with E-state index in [1.54, 1.807) is 0 Å². The first-order valence-corrected chi connectivity index (χ1v) is 9.33. The SMILES string of the molecule is Cc1cccc(NS(=O)(=O)C(F)(F)C(F)(F)C(F)(F)C(F)(F)F)c1S(=O)(=O)O. The van der Waals surface area contributed by atoms with E-state index in [2.05, 4.69) is 0 Å². The van der Waals surface area contributed by atoms with E-state index in [0.29, 0.717) is 10.8 Å². The second-order valence-electron chi connectivity index (χ2n) is 5.20. The highest BCUT2D eigenvalue weighted by Crippen LogP contribution is 2.54. The van der Waals surface area contributed by atoms with Gasteiger partial charge in [0.1, 0.15) is 4.90 Å². The van der Waals surface area contributed by atoms with Gasteiger partial charge in [0.05, 0.1) is 5.69 Å². The molecule has 0 radical (unpaired) electrons. The first kappa shape index (κ1) is 24.3. The fourth-order valence-electron chi connectivity index (χ4n) is 1.81. The summed E-state index contributed by atoms with van der Waals surface area (Å²) in [5.74, 6) is -15.0. The van der Waals surface area contributed by atoms with Crippen molar-refractivity contribution in [1.82, 2.24) is 0 Å². The molecule has 0 saturated heterocycles. The van der Waals surface area contributed by atoms with Crippen LogP contribution in [-0.4, -0.2) is 44.7 Å². The molecule has 17 heteroatoms. The van der Waals surface area contributed by atoms with Crippen LogP contribution < -0.4 is 4.72 Å². The molecule has 6 nitrogen and oxygen atoms in total. The first-order valence-electron chi connectivity index (χ1n) is 6.41. The third-order valence-electron chi connectivity index (χ3n) is 3.17. The highest BCUT2D eigenvalue weighted by atomic mass is 32.2. The summed E-state index contributed by atoms with van der Waals surface area (Å²) in [4.78, 5) is -1.42. The van der Waals surface area contributed by atoms with E-state index in [4.69, 9.17) is 4.55 Å². The van der Waals surface area contributed by atoms with Crippen molar-refractivity contribution in [3.05, 3.63) is 23.8 Å². The van der Waals surface area contributed by atoms with Crippen LogP contribution in [-0.2, 0) is 20.1 Å². The Morgan fingerprint density at radius 2 is 1.32 bits per heavy atom. The number of alkyl halides is 9. The molecule has 0 bridgehead atoms. The summed E-state index contributed by atoms with van der Waals surface area (Å²) in [6, 6.07) is 2.03. The summed E-state index contributed by atoms with van der Waals surface area (Å²) < 4.78 is 171. The number of sulfonamides is 1. The number of halogens is 9. The van der Waals surface area contributed by atoms with Crippen molar-refractivity contribution in [2.45, 2.75) is 35.1 Å². The Morgan fingerprint density at radius 1 is 0.857 bits per heavy atom. The third-order valence-corrected chi connectivity index (χ3v) is 5.65. The zero-order chi connectivity index (χ0) is 22.6. The van der Waals surface area contributed by atoms with Gasteiger partial charge in [0.15, 0.2) is 0 Å². The maximum atomic E-state index is 13.6. The van der Waals surface area contributed by atoms with E-state index in [-0.39, 0.29) is 0 Å². The number of hydrogen-bond acceptors (Lipinski definition) is 4. The van der Waals surface area contributed by atoms with Crippen LogP contribution in [0, 0.1) is 6.92 Å². The fourth-order valence-corrected chi connectivity index (χ4v) is 3.80. The third kappa shape index (κ3) is 3.73. The van der Waals surface area contributed by atoms with Crippen molar-refractivity contribution >= 4 is 25.8 Å². The van der Waals surface area contributed by atoms with Gasteiger partial charge in [-0.3, -0.25) is 9.27 Å². The molecule has 162 valence electrons. The van der Waals surface area contributed by atoms with E-state index < -0.39 is 59.6 Å². The Balaban J connectivity index is 3.60. The summed E-state index contributed by atoms with van der Waals surface area (Å²) in [6.07, 6.45) is -7.25. The fraction of sp³-hybridized carbons (Fsp3) is 0.455. The van der Waals surface area contributed by atoms with Gasteiger partial charge in [-0.1, -0.05) is 12.1 Å². The van der Waals surface area contributed by atoms with Gasteiger partial charge in [-0.15, -0.1) is 0 Å². The topological polar surface area (TPSA) is 101 Å². The van der Waals surface area contributed by atoms with Crippen LogP contribution in [0.3, 0.4) is 0 Å². The van der Waals surface area contributed by atoms with Gasteiger partial charge in [-0.05, 0) is 18.6 Å². The van der Waals surface area contributed by atoms with Crippen LogP contribution in [0.4, 0.5) is 45.2 Å². The molecule has 0 heterocycles. The summed E-state index contributed by atoms with van der Waals surface area (Å²) >= 11 is 0. The molecular formula is C11H8F9NO5S2. The standard InChI is InChI=1S/C11H8F9NO5S2/c1-5-3-2-4-6(7(5)27(22,23)24)21-28(25,26)11(19,20)9(14,15)8(12,13)10(16,17)18/h2-4,21H,1H3,(H,22,23,24). The minimum Gasteiger partial charge on any atom is -0.282 e. The minimum absolute atomic E-state index is 0.351. The molecule has 0 aliphatic rings. The van der Waals surface area contributed by atoms with Crippen LogP contribution in [0.15, 0.2) is 23.1 Å². The Kier molecular flexibility index (Phi) is 5.77. The van der Waals surface area contributed by atoms with Crippen LogP contribution in [0.25, 0.3) is 0 Å². The number of nitrogens with one attached hydrogen (secondary N) is 1. The average Bonchev–Trinajstić information content (AvgIpc) is 2.43. The van der Waals surface area contributed by atoms with Crippen LogP contribution in [0.2, 0.25) is 0 Å².